The van der Waals surface area contributed by atoms with Crippen molar-refractivity contribution < 1.29 is 9.59 Å². The summed E-state index contributed by atoms with van der Waals surface area (Å²) < 4.78 is 0. The Morgan fingerprint density at radius 2 is 1.76 bits per heavy atom. The van der Waals surface area contributed by atoms with E-state index in [9.17, 15) is 9.59 Å². The van der Waals surface area contributed by atoms with Crippen molar-refractivity contribution in [3.63, 3.8) is 0 Å². The van der Waals surface area contributed by atoms with Crippen LogP contribution in [0.5, 0.6) is 0 Å². The van der Waals surface area contributed by atoms with E-state index in [4.69, 9.17) is 17.3 Å². The van der Waals surface area contributed by atoms with Crippen molar-refractivity contribution in [1.29, 1.82) is 0 Å². The highest BCUT2D eigenvalue weighted by Crippen LogP contribution is 2.22. The maximum absolute atomic E-state index is 13.5. The molecule has 1 aliphatic heterocycles. The molecule has 0 aliphatic carbocycles. The number of thiophene rings is 1. The van der Waals surface area contributed by atoms with Crippen LogP contribution in [0.3, 0.4) is 0 Å². The average molecular weight is 554 g/mol. The molecule has 0 bridgehead atoms. The average Bonchev–Trinajstić information content (AvgIpc) is 3.46. The zero-order valence-electron chi connectivity index (χ0n) is 21.6. The van der Waals surface area contributed by atoms with Gasteiger partial charge in [0.15, 0.2) is 0 Å². The predicted molar refractivity (Wildman–Crippen MR) is 156 cm³/mol. The van der Waals surface area contributed by atoms with Crippen molar-refractivity contribution in [2.75, 3.05) is 44.2 Å². The zero-order valence-corrected chi connectivity index (χ0v) is 23.1. The molecule has 2 amide bonds. The van der Waals surface area contributed by atoms with E-state index in [1.807, 2.05) is 17.0 Å². The molecule has 7 nitrogen and oxygen atoms in total. The van der Waals surface area contributed by atoms with E-state index in [1.54, 1.807) is 23.5 Å². The van der Waals surface area contributed by atoms with E-state index < -0.39 is 6.04 Å². The monoisotopic (exact) mass is 553 g/mol. The Labute approximate surface area is 234 Å². The number of hydrogen-bond acceptors (Lipinski definition) is 6. The van der Waals surface area contributed by atoms with E-state index in [2.05, 4.69) is 57.3 Å². The first kappa shape index (κ1) is 28.1. The van der Waals surface area contributed by atoms with Gasteiger partial charge in [-0.1, -0.05) is 48.0 Å². The minimum absolute atomic E-state index is 0.0616. The molecule has 0 radical (unpaired) electrons. The summed E-state index contributed by atoms with van der Waals surface area (Å²) in [5.41, 5.74) is 8.96. The van der Waals surface area contributed by atoms with Gasteiger partial charge in [0.25, 0.3) is 0 Å². The van der Waals surface area contributed by atoms with E-state index in [0.717, 1.165) is 38.2 Å². The van der Waals surface area contributed by atoms with Crippen molar-refractivity contribution in [3.8, 4) is 0 Å². The van der Waals surface area contributed by atoms with E-state index in [1.165, 1.54) is 16.1 Å². The summed E-state index contributed by atoms with van der Waals surface area (Å²) in [4.78, 5) is 31.5. The molecule has 4 rings (SSSR count). The first-order chi connectivity index (χ1) is 18.5. The quantitative estimate of drug-likeness (QED) is 0.299. The SMILES string of the molecule is NCCC(=O)N[C@H](Cc1ccc(Cl)cc1)C(=O)N1CCN(c2ccccc2CNCCc2cccs2)CC1. The van der Waals surface area contributed by atoms with Gasteiger partial charge < -0.3 is 26.2 Å². The smallest absolute Gasteiger partial charge is 0.245 e. The molecule has 1 atom stereocenters. The third-order valence-electron chi connectivity index (χ3n) is 6.73. The van der Waals surface area contributed by atoms with E-state index in [-0.39, 0.29) is 24.8 Å². The molecule has 2 heterocycles. The molecule has 1 aromatic heterocycles. The van der Waals surface area contributed by atoms with Gasteiger partial charge in [-0.3, -0.25) is 9.59 Å². The minimum Gasteiger partial charge on any atom is -0.368 e. The number of rotatable bonds is 12. The number of nitrogens with two attached hydrogens (primary N) is 1. The summed E-state index contributed by atoms with van der Waals surface area (Å²) >= 11 is 7.81. The fourth-order valence-electron chi connectivity index (χ4n) is 4.70. The number of hydrogen-bond donors (Lipinski definition) is 3. The van der Waals surface area contributed by atoms with E-state index in [0.29, 0.717) is 24.5 Å². The van der Waals surface area contributed by atoms with Gasteiger partial charge in [0.05, 0.1) is 0 Å². The van der Waals surface area contributed by atoms with Crippen LogP contribution in [0.25, 0.3) is 0 Å². The molecule has 0 spiro atoms. The van der Waals surface area contributed by atoms with Gasteiger partial charge in [-0.15, -0.1) is 11.3 Å². The Bertz CT molecular complexity index is 1160. The highest BCUT2D eigenvalue weighted by Gasteiger charge is 2.29. The van der Waals surface area contributed by atoms with Crippen LogP contribution in [0.4, 0.5) is 5.69 Å². The van der Waals surface area contributed by atoms with Crippen molar-refractivity contribution in [1.82, 2.24) is 15.5 Å². The van der Waals surface area contributed by atoms with Crippen LogP contribution in [-0.4, -0.2) is 62.0 Å². The second-order valence-corrected chi connectivity index (χ2v) is 10.9. The van der Waals surface area contributed by atoms with E-state index >= 15 is 0 Å². The first-order valence-electron chi connectivity index (χ1n) is 13.1. The first-order valence-corrected chi connectivity index (χ1v) is 14.4. The van der Waals surface area contributed by atoms with Gasteiger partial charge in [0.2, 0.25) is 11.8 Å². The molecule has 1 fully saturated rings. The van der Waals surface area contributed by atoms with Crippen LogP contribution in [0.2, 0.25) is 5.02 Å². The maximum Gasteiger partial charge on any atom is 0.245 e. The summed E-state index contributed by atoms with van der Waals surface area (Å²) in [5.74, 6) is -0.271. The molecule has 1 aliphatic rings. The summed E-state index contributed by atoms with van der Waals surface area (Å²) in [5, 5.41) is 9.23. The van der Waals surface area contributed by atoms with Crippen molar-refractivity contribution in [3.05, 3.63) is 87.1 Å². The predicted octanol–water partition coefficient (Wildman–Crippen LogP) is 3.46. The topological polar surface area (TPSA) is 90.7 Å². The number of amides is 2. The van der Waals surface area contributed by atoms with Gasteiger partial charge in [-0.05, 0) is 47.2 Å². The second kappa shape index (κ2) is 14.3. The number of anilines is 1. The third-order valence-corrected chi connectivity index (χ3v) is 7.91. The van der Waals surface area contributed by atoms with Gasteiger partial charge >= 0.3 is 0 Å². The summed E-state index contributed by atoms with van der Waals surface area (Å²) in [6.45, 7) is 4.66. The normalized spacial score (nSPS) is 14.4. The molecule has 202 valence electrons. The molecular formula is C29H36ClN5O2S. The number of nitrogens with zero attached hydrogens (tertiary/aromatic N) is 2. The van der Waals surface area contributed by atoms with Gasteiger partial charge in [-0.25, -0.2) is 0 Å². The summed E-state index contributed by atoms with van der Waals surface area (Å²) in [7, 11) is 0. The summed E-state index contributed by atoms with van der Waals surface area (Å²) in [6.07, 6.45) is 1.63. The maximum atomic E-state index is 13.5. The molecule has 0 saturated carbocycles. The zero-order chi connectivity index (χ0) is 26.7. The molecule has 0 unspecified atom stereocenters. The van der Waals surface area contributed by atoms with Crippen LogP contribution in [0, 0.1) is 0 Å². The van der Waals surface area contributed by atoms with Crippen molar-refractivity contribution in [2.24, 2.45) is 5.73 Å². The fraction of sp³-hybridized carbons (Fsp3) is 0.379. The standard InChI is InChI=1S/C29H36ClN5O2S/c30-24-9-7-22(8-10-24)20-26(33-28(36)11-13-31)29(37)35-17-15-34(16-18-35)27-6-2-1-4-23(27)21-32-14-12-25-5-3-19-38-25/h1-10,19,26,32H,11-18,20-21,31H2,(H,33,36)/t26-/m1/s1. The fourth-order valence-corrected chi connectivity index (χ4v) is 5.54. The Morgan fingerprint density at radius 3 is 2.47 bits per heavy atom. The lowest BCUT2D eigenvalue weighted by Crippen LogP contribution is -2.55. The number of para-hydroxylation sites is 1. The molecule has 1 saturated heterocycles. The molecule has 38 heavy (non-hydrogen) atoms. The van der Waals surface area contributed by atoms with Crippen LogP contribution in [0.1, 0.15) is 22.4 Å². The van der Waals surface area contributed by atoms with Gasteiger partial charge in [-0.2, -0.15) is 0 Å². The highest BCUT2D eigenvalue weighted by molar-refractivity contribution is 7.09. The number of nitrogens with one attached hydrogen (secondary N) is 2. The summed E-state index contributed by atoms with van der Waals surface area (Å²) in [6, 6.07) is 19.5. The minimum atomic E-state index is -0.637. The third kappa shape index (κ3) is 8.04. The molecule has 2 aromatic carbocycles. The van der Waals surface area contributed by atoms with Crippen LogP contribution in [0.15, 0.2) is 66.0 Å². The number of carbonyl (C=O) groups excluding carboxylic acids is 2. The Morgan fingerprint density at radius 1 is 1.00 bits per heavy atom. The Kier molecular flexibility index (Phi) is 10.6. The van der Waals surface area contributed by atoms with Crippen LogP contribution >= 0.6 is 22.9 Å². The van der Waals surface area contributed by atoms with Gasteiger partial charge in [0, 0.05) is 74.2 Å². The van der Waals surface area contributed by atoms with Crippen molar-refractivity contribution in [2.45, 2.75) is 31.8 Å². The molecule has 9 heteroatoms. The van der Waals surface area contributed by atoms with Crippen molar-refractivity contribution >= 4 is 40.4 Å². The largest absolute Gasteiger partial charge is 0.368 e. The number of benzene rings is 2. The molecule has 3 aromatic rings. The Balaban J connectivity index is 1.34. The lowest BCUT2D eigenvalue weighted by atomic mass is 10.0. The molecular weight excluding hydrogens is 518 g/mol. The number of halogens is 1. The number of carbonyl (C=O) groups is 2. The van der Waals surface area contributed by atoms with Crippen LogP contribution < -0.4 is 21.3 Å². The Hall–Kier alpha value is -2.91. The lowest BCUT2D eigenvalue weighted by molar-refractivity contribution is -0.136. The number of piperazine rings is 1. The highest BCUT2D eigenvalue weighted by atomic mass is 35.5. The second-order valence-electron chi connectivity index (χ2n) is 9.44. The molecule has 4 N–H and O–H groups in total. The van der Waals surface area contributed by atoms with Gasteiger partial charge in [0.1, 0.15) is 6.04 Å². The van der Waals surface area contributed by atoms with Crippen LogP contribution in [-0.2, 0) is 29.0 Å². The lowest BCUT2D eigenvalue weighted by Gasteiger charge is -2.38.